The van der Waals surface area contributed by atoms with Gasteiger partial charge in [-0.1, -0.05) is 12.1 Å². The van der Waals surface area contributed by atoms with Gasteiger partial charge in [0.2, 0.25) is 5.91 Å². The maximum Gasteiger partial charge on any atom is 0.417 e. The Balaban J connectivity index is 1.35. The fraction of sp³-hybridized carbons (Fsp3) is 0.579. The van der Waals surface area contributed by atoms with Crippen LogP contribution in [-0.4, -0.2) is 59.9 Å². The van der Waals surface area contributed by atoms with Crippen LogP contribution in [0.5, 0.6) is 0 Å². The molecule has 0 aromatic heterocycles. The Kier molecular flexibility index (Phi) is 5.05. The van der Waals surface area contributed by atoms with E-state index in [1.54, 1.807) is 4.90 Å². The fourth-order valence-electron chi connectivity index (χ4n) is 3.99. The van der Waals surface area contributed by atoms with Gasteiger partial charge in [-0.25, -0.2) is 5.43 Å². The van der Waals surface area contributed by atoms with Gasteiger partial charge in [0.25, 0.3) is 5.91 Å². The van der Waals surface area contributed by atoms with Crippen LogP contribution in [0.15, 0.2) is 24.3 Å². The molecule has 3 aliphatic rings. The van der Waals surface area contributed by atoms with Crippen molar-refractivity contribution in [2.45, 2.75) is 37.5 Å². The lowest BCUT2D eigenvalue weighted by molar-refractivity contribution is -0.138. The lowest BCUT2D eigenvalue weighted by atomic mass is 10.0. The maximum absolute atomic E-state index is 13.2. The van der Waals surface area contributed by atoms with E-state index in [-0.39, 0.29) is 30.6 Å². The molecule has 1 saturated carbocycles. The van der Waals surface area contributed by atoms with E-state index >= 15 is 0 Å². The third-order valence-corrected chi connectivity index (χ3v) is 5.76. The van der Waals surface area contributed by atoms with E-state index in [1.807, 2.05) is 0 Å². The Morgan fingerprint density at radius 1 is 0.964 bits per heavy atom. The molecule has 9 heteroatoms. The summed E-state index contributed by atoms with van der Waals surface area (Å²) in [6.07, 6.45) is -1.44. The van der Waals surface area contributed by atoms with E-state index in [0.717, 1.165) is 12.5 Å². The van der Waals surface area contributed by atoms with Crippen molar-refractivity contribution in [3.05, 3.63) is 35.4 Å². The Labute approximate surface area is 161 Å². The van der Waals surface area contributed by atoms with Crippen molar-refractivity contribution in [3.63, 3.8) is 0 Å². The number of piperazine rings is 1. The van der Waals surface area contributed by atoms with Crippen LogP contribution in [0.3, 0.4) is 0 Å². The molecule has 0 bridgehead atoms. The molecule has 2 saturated heterocycles. The predicted molar refractivity (Wildman–Crippen MR) is 95.1 cm³/mol. The number of carbonyl (C=O) groups excluding carboxylic acids is 2. The average molecular weight is 396 g/mol. The number of rotatable bonds is 3. The Morgan fingerprint density at radius 2 is 1.61 bits per heavy atom. The van der Waals surface area contributed by atoms with Crippen molar-refractivity contribution in [2.75, 3.05) is 26.2 Å². The van der Waals surface area contributed by atoms with Gasteiger partial charge in [0, 0.05) is 32.2 Å². The van der Waals surface area contributed by atoms with Gasteiger partial charge < -0.3 is 9.80 Å². The van der Waals surface area contributed by atoms with Gasteiger partial charge in [-0.2, -0.15) is 13.2 Å². The van der Waals surface area contributed by atoms with Crippen molar-refractivity contribution >= 4 is 11.8 Å². The Morgan fingerprint density at radius 3 is 2.25 bits per heavy atom. The standard InChI is InChI=1S/C19H23F3N4O2/c20-19(21,22)14-4-2-1-3-13(14)17(27)25-7-9-26(10-8-25)18(28)16-11-15(23-24-16)12-5-6-12/h1-4,12,15-16,23-24H,5-11H2. The summed E-state index contributed by atoms with van der Waals surface area (Å²) < 4.78 is 39.5. The van der Waals surface area contributed by atoms with Crippen molar-refractivity contribution in [3.8, 4) is 0 Å². The van der Waals surface area contributed by atoms with Gasteiger partial charge in [-0.3, -0.25) is 15.0 Å². The fourth-order valence-corrected chi connectivity index (χ4v) is 3.99. The molecule has 3 fully saturated rings. The third-order valence-electron chi connectivity index (χ3n) is 5.76. The lowest BCUT2D eigenvalue weighted by Gasteiger charge is -2.36. The second kappa shape index (κ2) is 7.36. The molecular formula is C19H23F3N4O2. The normalized spacial score (nSPS) is 25.8. The molecule has 152 valence electrons. The van der Waals surface area contributed by atoms with E-state index in [0.29, 0.717) is 25.0 Å². The molecule has 1 aromatic carbocycles. The number of hydrogen-bond acceptors (Lipinski definition) is 4. The van der Waals surface area contributed by atoms with E-state index in [4.69, 9.17) is 0 Å². The van der Waals surface area contributed by atoms with Gasteiger partial charge in [0.1, 0.15) is 6.04 Å². The van der Waals surface area contributed by atoms with Crippen LogP contribution in [0.25, 0.3) is 0 Å². The first-order valence-electron chi connectivity index (χ1n) is 9.60. The molecule has 0 radical (unpaired) electrons. The number of hydrazine groups is 1. The summed E-state index contributed by atoms with van der Waals surface area (Å²) in [6, 6.07) is 4.87. The number of alkyl halides is 3. The molecule has 4 rings (SSSR count). The first-order valence-corrected chi connectivity index (χ1v) is 9.60. The van der Waals surface area contributed by atoms with Crippen molar-refractivity contribution in [1.82, 2.24) is 20.7 Å². The van der Waals surface area contributed by atoms with Crippen LogP contribution in [0, 0.1) is 5.92 Å². The van der Waals surface area contributed by atoms with Crippen LogP contribution >= 0.6 is 0 Å². The second-order valence-corrected chi connectivity index (χ2v) is 7.68. The minimum Gasteiger partial charge on any atom is -0.338 e. The van der Waals surface area contributed by atoms with E-state index in [9.17, 15) is 22.8 Å². The van der Waals surface area contributed by atoms with E-state index < -0.39 is 17.6 Å². The predicted octanol–water partition coefficient (Wildman–Crippen LogP) is 1.63. The molecule has 2 aliphatic heterocycles. The van der Waals surface area contributed by atoms with Gasteiger partial charge >= 0.3 is 6.18 Å². The highest BCUT2D eigenvalue weighted by Gasteiger charge is 2.41. The number of halogens is 3. The van der Waals surface area contributed by atoms with E-state index in [1.165, 1.54) is 35.9 Å². The van der Waals surface area contributed by atoms with Crippen molar-refractivity contribution in [1.29, 1.82) is 0 Å². The largest absolute Gasteiger partial charge is 0.417 e. The first kappa shape index (κ1) is 19.2. The number of nitrogens with zero attached hydrogens (tertiary/aromatic N) is 2. The zero-order valence-corrected chi connectivity index (χ0v) is 15.3. The number of nitrogens with one attached hydrogen (secondary N) is 2. The Hall–Kier alpha value is -2.13. The molecular weight excluding hydrogens is 373 g/mol. The van der Waals surface area contributed by atoms with Gasteiger partial charge in [0.15, 0.2) is 0 Å². The molecule has 2 atom stereocenters. The van der Waals surface area contributed by atoms with Crippen molar-refractivity contribution in [2.24, 2.45) is 5.92 Å². The summed E-state index contributed by atoms with van der Waals surface area (Å²) >= 11 is 0. The minimum atomic E-state index is -4.58. The van der Waals surface area contributed by atoms with Gasteiger partial charge in [-0.05, 0) is 37.3 Å². The number of carbonyl (C=O) groups is 2. The van der Waals surface area contributed by atoms with Gasteiger partial charge in [0.05, 0.1) is 11.1 Å². The molecule has 2 heterocycles. The average Bonchev–Trinajstić information content (AvgIpc) is 3.43. The lowest BCUT2D eigenvalue weighted by Crippen LogP contribution is -2.54. The zero-order chi connectivity index (χ0) is 19.9. The van der Waals surface area contributed by atoms with E-state index in [2.05, 4.69) is 10.9 Å². The van der Waals surface area contributed by atoms with Crippen LogP contribution in [0.4, 0.5) is 13.2 Å². The summed E-state index contributed by atoms with van der Waals surface area (Å²) in [6.45, 7) is 1.10. The third kappa shape index (κ3) is 3.86. The van der Waals surface area contributed by atoms with Crippen molar-refractivity contribution < 1.29 is 22.8 Å². The first-order chi connectivity index (χ1) is 13.3. The molecule has 6 nitrogen and oxygen atoms in total. The number of benzene rings is 1. The van der Waals surface area contributed by atoms with Crippen LogP contribution in [0.2, 0.25) is 0 Å². The molecule has 28 heavy (non-hydrogen) atoms. The minimum absolute atomic E-state index is 0.0153. The summed E-state index contributed by atoms with van der Waals surface area (Å²) in [5.41, 5.74) is 4.98. The quantitative estimate of drug-likeness (QED) is 0.815. The summed E-state index contributed by atoms with van der Waals surface area (Å²) in [5.74, 6) is -0.0126. The monoisotopic (exact) mass is 396 g/mol. The summed E-state index contributed by atoms with van der Waals surface area (Å²) in [5, 5.41) is 0. The topological polar surface area (TPSA) is 64.7 Å². The maximum atomic E-state index is 13.2. The summed E-state index contributed by atoms with van der Waals surface area (Å²) in [7, 11) is 0. The van der Waals surface area contributed by atoms with Crippen LogP contribution in [-0.2, 0) is 11.0 Å². The molecule has 0 spiro atoms. The molecule has 2 unspecified atom stereocenters. The highest BCUT2D eigenvalue weighted by molar-refractivity contribution is 5.96. The smallest absolute Gasteiger partial charge is 0.338 e. The number of amides is 2. The number of hydrogen-bond donors (Lipinski definition) is 2. The molecule has 1 aromatic rings. The second-order valence-electron chi connectivity index (χ2n) is 7.68. The van der Waals surface area contributed by atoms with Crippen LogP contribution < -0.4 is 10.9 Å². The zero-order valence-electron chi connectivity index (χ0n) is 15.3. The molecule has 2 N–H and O–H groups in total. The van der Waals surface area contributed by atoms with Gasteiger partial charge in [-0.15, -0.1) is 0 Å². The van der Waals surface area contributed by atoms with Crippen LogP contribution in [0.1, 0.15) is 35.2 Å². The highest BCUT2D eigenvalue weighted by atomic mass is 19.4. The summed E-state index contributed by atoms with van der Waals surface area (Å²) in [4.78, 5) is 28.4. The highest BCUT2D eigenvalue weighted by Crippen LogP contribution is 2.36. The SMILES string of the molecule is O=C(c1ccccc1C(F)(F)F)N1CCN(C(=O)C2CC(C3CC3)NN2)CC1. The molecule has 2 amide bonds. The Bertz CT molecular complexity index is 758. The molecule has 1 aliphatic carbocycles.